The van der Waals surface area contributed by atoms with Gasteiger partial charge in [0.05, 0.1) is 12.7 Å². The third-order valence-corrected chi connectivity index (χ3v) is 3.78. The van der Waals surface area contributed by atoms with Gasteiger partial charge in [0.15, 0.2) is 0 Å². The summed E-state index contributed by atoms with van der Waals surface area (Å²) in [6.07, 6.45) is 0.190. The number of nitrogens with one attached hydrogen (secondary N) is 1. The lowest BCUT2D eigenvalue weighted by Crippen LogP contribution is -2.45. The topological polar surface area (TPSA) is 24.5 Å². The molecule has 100 valence electrons. The Morgan fingerprint density at radius 1 is 1.56 bits per heavy atom. The van der Waals surface area contributed by atoms with E-state index in [-0.39, 0.29) is 11.9 Å². The Hall–Kier alpha value is -0.650. The van der Waals surface area contributed by atoms with Crippen LogP contribution in [-0.2, 0) is 4.74 Å². The minimum atomic E-state index is -0.238. The molecule has 1 N–H and O–H groups in total. The van der Waals surface area contributed by atoms with Crippen molar-refractivity contribution in [3.8, 4) is 0 Å². The quantitative estimate of drug-likeness (QED) is 0.924. The Morgan fingerprint density at radius 3 is 3.11 bits per heavy atom. The Kier molecular flexibility index (Phi) is 4.97. The van der Waals surface area contributed by atoms with E-state index in [1.165, 1.54) is 12.1 Å². The number of rotatable bonds is 4. The minimum Gasteiger partial charge on any atom is -0.381 e. The highest BCUT2D eigenvalue weighted by molar-refractivity contribution is 9.10. The third-order valence-electron chi connectivity index (χ3n) is 3.12. The first kappa shape index (κ1) is 13.8. The molecule has 1 unspecified atom stereocenters. The predicted molar refractivity (Wildman–Crippen MR) is 74.4 cm³/mol. The van der Waals surface area contributed by atoms with E-state index in [0.29, 0.717) is 0 Å². The number of benzene rings is 1. The van der Waals surface area contributed by atoms with Gasteiger partial charge in [0.25, 0.3) is 0 Å². The van der Waals surface area contributed by atoms with E-state index >= 15 is 0 Å². The molecule has 5 heteroatoms. The summed E-state index contributed by atoms with van der Waals surface area (Å²) < 4.78 is 19.4. The molecular formula is C13H18BrFN2O. The minimum absolute atomic E-state index is 0.190. The normalized spacial score (nSPS) is 20.9. The van der Waals surface area contributed by atoms with Crippen molar-refractivity contribution < 1.29 is 9.13 Å². The maximum Gasteiger partial charge on any atom is 0.124 e. The van der Waals surface area contributed by atoms with Gasteiger partial charge in [0.1, 0.15) is 5.82 Å². The average molecular weight is 317 g/mol. The van der Waals surface area contributed by atoms with Crippen LogP contribution >= 0.6 is 15.9 Å². The van der Waals surface area contributed by atoms with Crippen molar-refractivity contribution in [2.24, 2.45) is 0 Å². The summed E-state index contributed by atoms with van der Waals surface area (Å²) >= 11 is 3.34. The average Bonchev–Trinajstić information content (AvgIpc) is 2.38. The fraction of sp³-hybridized carbons (Fsp3) is 0.538. The first-order valence-electron chi connectivity index (χ1n) is 6.22. The van der Waals surface area contributed by atoms with Gasteiger partial charge in [0.2, 0.25) is 0 Å². The zero-order valence-corrected chi connectivity index (χ0v) is 12.0. The molecule has 0 amide bonds. The zero-order valence-electron chi connectivity index (χ0n) is 10.5. The molecule has 1 heterocycles. The lowest BCUT2D eigenvalue weighted by molar-refractivity contribution is -0.0191. The molecule has 3 nitrogen and oxygen atoms in total. The van der Waals surface area contributed by atoms with E-state index in [4.69, 9.17) is 4.74 Å². The molecule has 0 spiro atoms. The smallest absolute Gasteiger partial charge is 0.124 e. The van der Waals surface area contributed by atoms with Gasteiger partial charge >= 0.3 is 0 Å². The maximum absolute atomic E-state index is 13.0. The van der Waals surface area contributed by atoms with Crippen LogP contribution < -0.4 is 5.32 Å². The summed E-state index contributed by atoms with van der Waals surface area (Å²) in [5, 5.41) is 3.29. The zero-order chi connectivity index (χ0) is 13.0. The number of halogens is 2. The molecule has 2 rings (SSSR count). The SMILES string of the molecule is CCN1CCOC(CNc2ccc(F)cc2Br)C1. The van der Waals surface area contributed by atoms with Gasteiger partial charge in [-0.2, -0.15) is 0 Å². The number of likely N-dealkylation sites (N-methyl/N-ethyl adjacent to an activating group) is 1. The Balaban J connectivity index is 1.87. The first-order chi connectivity index (χ1) is 8.69. The molecular weight excluding hydrogens is 299 g/mol. The highest BCUT2D eigenvalue weighted by atomic mass is 79.9. The number of hydrogen-bond acceptors (Lipinski definition) is 3. The summed E-state index contributed by atoms with van der Waals surface area (Å²) in [6.45, 7) is 6.69. The molecule has 18 heavy (non-hydrogen) atoms. The molecule has 1 aliphatic heterocycles. The molecule has 1 fully saturated rings. The van der Waals surface area contributed by atoms with Crippen LogP contribution in [0.1, 0.15) is 6.92 Å². The van der Waals surface area contributed by atoms with Gasteiger partial charge in [-0.25, -0.2) is 4.39 Å². The van der Waals surface area contributed by atoms with Crippen LogP contribution in [0.4, 0.5) is 10.1 Å². The Labute approximate surface area is 115 Å². The number of anilines is 1. The number of nitrogens with zero attached hydrogens (tertiary/aromatic N) is 1. The second-order valence-electron chi connectivity index (χ2n) is 4.39. The van der Waals surface area contributed by atoms with Crippen LogP contribution in [0.3, 0.4) is 0 Å². The van der Waals surface area contributed by atoms with E-state index in [1.54, 1.807) is 6.07 Å². The second-order valence-corrected chi connectivity index (χ2v) is 5.25. The summed E-state index contributed by atoms with van der Waals surface area (Å²) in [7, 11) is 0. The van der Waals surface area contributed by atoms with E-state index in [1.807, 2.05) is 0 Å². The lowest BCUT2D eigenvalue weighted by atomic mass is 10.2. The molecule has 1 aliphatic rings. The van der Waals surface area contributed by atoms with Crippen molar-refractivity contribution in [2.75, 3.05) is 38.1 Å². The van der Waals surface area contributed by atoms with Crippen molar-refractivity contribution >= 4 is 21.6 Å². The maximum atomic E-state index is 13.0. The van der Waals surface area contributed by atoms with Gasteiger partial charge < -0.3 is 10.1 Å². The van der Waals surface area contributed by atoms with Crippen LogP contribution in [0.15, 0.2) is 22.7 Å². The number of ether oxygens (including phenoxy) is 1. The predicted octanol–water partition coefficient (Wildman–Crippen LogP) is 2.72. The molecule has 1 atom stereocenters. The fourth-order valence-electron chi connectivity index (χ4n) is 2.05. The van der Waals surface area contributed by atoms with Gasteiger partial charge in [-0.1, -0.05) is 6.92 Å². The Bertz CT molecular complexity index is 403. The first-order valence-corrected chi connectivity index (χ1v) is 7.01. The fourth-order valence-corrected chi connectivity index (χ4v) is 2.54. The highest BCUT2D eigenvalue weighted by Gasteiger charge is 2.19. The van der Waals surface area contributed by atoms with Crippen LogP contribution in [-0.4, -0.2) is 43.8 Å². The summed E-state index contributed by atoms with van der Waals surface area (Å²) in [5.41, 5.74) is 0.897. The van der Waals surface area contributed by atoms with Crippen molar-refractivity contribution in [1.82, 2.24) is 4.90 Å². The van der Waals surface area contributed by atoms with Crippen LogP contribution in [0.25, 0.3) is 0 Å². The lowest BCUT2D eigenvalue weighted by Gasteiger charge is -2.32. The van der Waals surface area contributed by atoms with Gasteiger partial charge in [0, 0.05) is 29.8 Å². The third kappa shape index (κ3) is 3.67. The molecule has 1 aromatic carbocycles. The van der Waals surface area contributed by atoms with Gasteiger partial charge in [-0.3, -0.25) is 4.90 Å². The summed E-state index contributed by atoms with van der Waals surface area (Å²) in [5.74, 6) is -0.238. The molecule has 0 bridgehead atoms. The molecule has 1 saturated heterocycles. The molecule has 0 radical (unpaired) electrons. The van der Waals surface area contributed by atoms with Gasteiger partial charge in [-0.05, 0) is 40.7 Å². The number of hydrogen-bond donors (Lipinski definition) is 1. The van der Waals surface area contributed by atoms with Crippen LogP contribution in [0, 0.1) is 5.82 Å². The largest absolute Gasteiger partial charge is 0.381 e. The van der Waals surface area contributed by atoms with E-state index in [0.717, 1.165) is 42.9 Å². The van der Waals surface area contributed by atoms with Crippen LogP contribution in [0.5, 0.6) is 0 Å². The van der Waals surface area contributed by atoms with E-state index < -0.39 is 0 Å². The second kappa shape index (κ2) is 6.50. The standard InChI is InChI=1S/C13H18BrFN2O/c1-2-17-5-6-18-11(9-17)8-16-13-4-3-10(15)7-12(13)14/h3-4,7,11,16H,2,5-6,8-9H2,1H3. The van der Waals surface area contributed by atoms with Crippen molar-refractivity contribution in [2.45, 2.75) is 13.0 Å². The Morgan fingerprint density at radius 2 is 2.39 bits per heavy atom. The van der Waals surface area contributed by atoms with E-state index in [9.17, 15) is 4.39 Å². The van der Waals surface area contributed by atoms with Crippen molar-refractivity contribution in [1.29, 1.82) is 0 Å². The molecule has 0 aromatic heterocycles. The molecule has 0 aliphatic carbocycles. The highest BCUT2D eigenvalue weighted by Crippen LogP contribution is 2.23. The monoisotopic (exact) mass is 316 g/mol. The summed E-state index contributed by atoms with van der Waals surface area (Å²) in [4.78, 5) is 2.37. The van der Waals surface area contributed by atoms with Crippen molar-refractivity contribution in [3.63, 3.8) is 0 Å². The van der Waals surface area contributed by atoms with E-state index in [2.05, 4.69) is 33.1 Å². The molecule has 1 aromatic rings. The van der Waals surface area contributed by atoms with Crippen LogP contribution in [0.2, 0.25) is 0 Å². The molecule has 0 saturated carbocycles. The summed E-state index contributed by atoms with van der Waals surface area (Å²) in [6, 6.07) is 4.65. The van der Waals surface area contributed by atoms with Gasteiger partial charge in [-0.15, -0.1) is 0 Å². The number of morpholine rings is 1. The van der Waals surface area contributed by atoms with Crippen molar-refractivity contribution in [3.05, 3.63) is 28.5 Å².